The van der Waals surface area contributed by atoms with Crippen LogP contribution in [0, 0.1) is 0 Å². The van der Waals surface area contributed by atoms with Crippen LogP contribution in [-0.4, -0.2) is 85.6 Å². The second-order valence-corrected chi connectivity index (χ2v) is 11.1. The van der Waals surface area contributed by atoms with Gasteiger partial charge in [-0.25, -0.2) is 0 Å². The molecule has 0 saturated heterocycles. The van der Waals surface area contributed by atoms with Crippen LogP contribution in [0.3, 0.4) is 0 Å². The number of hydrogen-bond donors (Lipinski definition) is 1. The first-order chi connectivity index (χ1) is 19.2. The van der Waals surface area contributed by atoms with Crippen LogP contribution in [0.5, 0.6) is 34.5 Å². The minimum absolute atomic E-state index is 0. The van der Waals surface area contributed by atoms with Crippen molar-refractivity contribution in [3.63, 3.8) is 0 Å². The predicted molar refractivity (Wildman–Crippen MR) is 164 cm³/mol. The lowest BCUT2D eigenvalue weighted by Crippen LogP contribution is -2.43. The van der Waals surface area contributed by atoms with E-state index in [-0.39, 0.29) is 36.1 Å². The van der Waals surface area contributed by atoms with Crippen LogP contribution in [0.25, 0.3) is 6.08 Å². The van der Waals surface area contributed by atoms with Crippen molar-refractivity contribution < 1.29 is 33.6 Å². The lowest BCUT2D eigenvalue weighted by Gasteiger charge is -2.39. The normalized spacial score (nSPS) is 19.0. The molecular formula is C29H35Cl4NO7. The van der Waals surface area contributed by atoms with Crippen LogP contribution < -0.4 is 23.7 Å². The summed E-state index contributed by atoms with van der Waals surface area (Å²) in [6.45, 7) is 6.65. The van der Waals surface area contributed by atoms with E-state index in [1.165, 1.54) is 13.2 Å². The van der Waals surface area contributed by atoms with Crippen molar-refractivity contribution in [3.8, 4) is 34.5 Å². The average molecular weight is 651 g/mol. The van der Waals surface area contributed by atoms with Crippen LogP contribution >= 0.6 is 47.2 Å². The predicted octanol–water partition coefficient (Wildman–Crippen LogP) is 6.14. The SMILES string of the molecule is COc1cc2c(cc1OC)C1C(=O)c3c(O)cc4c(c3OC1CO2)C=CC(C)(C)O4.Cl.ClCCN(CCCl)CCCl. The third-order valence-electron chi connectivity index (χ3n) is 6.91. The van der Waals surface area contributed by atoms with Crippen molar-refractivity contribution in [1.29, 1.82) is 0 Å². The van der Waals surface area contributed by atoms with Gasteiger partial charge in [0, 0.05) is 55.0 Å². The van der Waals surface area contributed by atoms with Crippen LogP contribution in [0.4, 0.5) is 0 Å². The van der Waals surface area contributed by atoms with E-state index < -0.39 is 17.6 Å². The summed E-state index contributed by atoms with van der Waals surface area (Å²) in [4.78, 5) is 15.7. The molecule has 226 valence electrons. The number of phenolic OH excluding ortho intramolecular Hbond substituents is 1. The summed E-state index contributed by atoms with van der Waals surface area (Å²) in [6.07, 6.45) is 3.23. The van der Waals surface area contributed by atoms with E-state index >= 15 is 0 Å². The zero-order chi connectivity index (χ0) is 29.0. The Morgan fingerprint density at radius 2 is 1.61 bits per heavy atom. The van der Waals surface area contributed by atoms with Gasteiger partial charge >= 0.3 is 0 Å². The number of alkyl halides is 3. The van der Waals surface area contributed by atoms with Gasteiger partial charge in [-0.15, -0.1) is 47.2 Å². The molecule has 0 aromatic heterocycles. The van der Waals surface area contributed by atoms with Gasteiger partial charge in [0.1, 0.15) is 46.9 Å². The monoisotopic (exact) mass is 649 g/mol. The fraction of sp³-hybridized carbons (Fsp3) is 0.483. The number of carbonyl (C=O) groups is 1. The van der Waals surface area contributed by atoms with Crippen LogP contribution in [0.15, 0.2) is 24.3 Å². The minimum Gasteiger partial charge on any atom is -0.507 e. The van der Waals surface area contributed by atoms with Crippen LogP contribution in [0.1, 0.15) is 41.3 Å². The number of ketones is 1. The fourth-order valence-corrected chi connectivity index (χ4v) is 5.68. The number of rotatable bonds is 8. The van der Waals surface area contributed by atoms with Gasteiger partial charge in [-0.1, -0.05) is 0 Å². The van der Waals surface area contributed by atoms with Crippen molar-refractivity contribution in [1.82, 2.24) is 4.90 Å². The molecule has 2 atom stereocenters. The molecule has 41 heavy (non-hydrogen) atoms. The third kappa shape index (κ3) is 7.05. The number of ether oxygens (including phenoxy) is 5. The first kappa shape index (κ1) is 33.3. The quantitative estimate of drug-likeness (QED) is 0.341. The summed E-state index contributed by atoms with van der Waals surface area (Å²) >= 11 is 16.6. The lowest BCUT2D eigenvalue weighted by molar-refractivity contribution is 0.0547. The Kier molecular flexibility index (Phi) is 11.6. The van der Waals surface area contributed by atoms with Gasteiger partial charge in [0.2, 0.25) is 0 Å². The number of carbonyl (C=O) groups excluding carboxylic acids is 1. The molecule has 0 saturated carbocycles. The summed E-state index contributed by atoms with van der Waals surface area (Å²) in [5.41, 5.74) is 0.930. The van der Waals surface area contributed by atoms with Gasteiger partial charge in [0.25, 0.3) is 0 Å². The molecule has 8 nitrogen and oxygen atoms in total. The molecule has 0 aliphatic carbocycles. The molecule has 0 bridgehead atoms. The summed E-state index contributed by atoms with van der Waals surface area (Å²) < 4.78 is 28.8. The maximum absolute atomic E-state index is 13.6. The van der Waals surface area contributed by atoms with Crippen molar-refractivity contribution in [2.75, 3.05) is 58.1 Å². The number of methoxy groups -OCH3 is 2. The van der Waals surface area contributed by atoms with Gasteiger partial charge in [-0.05, 0) is 32.1 Å². The Hall–Kier alpha value is -2.23. The molecule has 12 heteroatoms. The highest BCUT2D eigenvalue weighted by atomic mass is 35.5. The van der Waals surface area contributed by atoms with Crippen molar-refractivity contribution in [2.45, 2.75) is 31.5 Å². The Labute approximate surface area is 261 Å². The molecule has 0 spiro atoms. The van der Waals surface area contributed by atoms with E-state index in [9.17, 15) is 9.90 Å². The number of Topliss-reactive ketones (excluding diaryl/α,β-unsaturated/α-hetero) is 1. The van der Waals surface area contributed by atoms with Crippen molar-refractivity contribution in [3.05, 3.63) is 41.0 Å². The highest BCUT2D eigenvalue weighted by molar-refractivity contribution is 6.18. The second-order valence-electron chi connectivity index (χ2n) is 10.0. The molecule has 0 radical (unpaired) electrons. The van der Waals surface area contributed by atoms with Gasteiger partial charge in [0.05, 0.1) is 25.7 Å². The smallest absolute Gasteiger partial charge is 0.181 e. The van der Waals surface area contributed by atoms with Gasteiger partial charge < -0.3 is 28.8 Å². The van der Waals surface area contributed by atoms with Crippen molar-refractivity contribution >= 4 is 59.1 Å². The van der Waals surface area contributed by atoms with E-state index in [1.54, 1.807) is 19.2 Å². The summed E-state index contributed by atoms with van der Waals surface area (Å²) in [5.74, 6) is 3.28. The van der Waals surface area contributed by atoms with E-state index in [0.717, 1.165) is 19.6 Å². The molecule has 2 aromatic rings. The van der Waals surface area contributed by atoms with Crippen molar-refractivity contribution in [2.24, 2.45) is 0 Å². The molecule has 2 unspecified atom stereocenters. The Bertz CT molecular complexity index is 1260. The summed E-state index contributed by atoms with van der Waals surface area (Å²) in [6, 6.07) is 4.92. The van der Waals surface area contributed by atoms with E-state index in [4.69, 9.17) is 58.5 Å². The second kappa shape index (κ2) is 14.3. The lowest BCUT2D eigenvalue weighted by atomic mass is 9.80. The molecule has 2 aromatic carbocycles. The number of halogens is 4. The Balaban J connectivity index is 0.000000363. The largest absolute Gasteiger partial charge is 0.507 e. The zero-order valence-corrected chi connectivity index (χ0v) is 26.5. The number of benzene rings is 2. The maximum atomic E-state index is 13.6. The molecular weight excluding hydrogens is 616 g/mol. The van der Waals surface area contributed by atoms with E-state index in [0.29, 0.717) is 57.5 Å². The molecule has 0 fully saturated rings. The highest BCUT2D eigenvalue weighted by Crippen LogP contribution is 2.52. The van der Waals surface area contributed by atoms with Gasteiger partial charge in [-0.3, -0.25) is 9.69 Å². The summed E-state index contributed by atoms with van der Waals surface area (Å²) in [7, 11) is 3.07. The number of phenols is 1. The minimum atomic E-state index is -0.630. The number of aromatic hydroxyl groups is 1. The highest BCUT2D eigenvalue weighted by Gasteiger charge is 2.46. The van der Waals surface area contributed by atoms with Gasteiger partial charge in [0.15, 0.2) is 17.3 Å². The maximum Gasteiger partial charge on any atom is 0.181 e. The average Bonchev–Trinajstić information content (AvgIpc) is 2.92. The standard InChI is InChI=1S/C23H22O7.C6H12Cl3N.ClH/c1-23(2)6-5-11-15(30-23)8-13(24)20-21(25)19-12-7-16(26-3)17(27-4)9-14(12)28-10-18(19)29-22(11)20;7-1-4-10(5-2-8)6-3-9;/h5-9,18-19,24H,10H2,1-4H3;1-6H2;1H. The van der Waals surface area contributed by atoms with Crippen LogP contribution in [0.2, 0.25) is 0 Å². The van der Waals surface area contributed by atoms with Gasteiger partial charge in [-0.2, -0.15) is 0 Å². The Morgan fingerprint density at radius 3 is 2.20 bits per heavy atom. The first-order valence-corrected chi connectivity index (χ1v) is 14.6. The van der Waals surface area contributed by atoms with Crippen LogP contribution in [-0.2, 0) is 0 Å². The Morgan fingerprint density at radius 1 is 1.00 bits per heavy atom. The first-order valence-electron chi connectivity index (χ1n) is 13.0. The molecule has 3 aliphatic rings. The molecule has 3 aliphatic heterocycles. The van der Waals surface area contributed by atoms with E-state index in [2.05, 4.69) is 4.90 Å². The van der Waals surface area contributed by atoms with E-state index in [1.807, 2.05) is 26.0 Å². The molecule has 5 rings (SSSR count). The molecule has 1 N–H and O–H groups in total. The number of fused-ring (bicyclic) bond motifs is 6. The molecule has 0 amide bonds. The zero-order valence-electron chi connectivity index (χ0n) is 23.4. The number of hydrogen-bond acceptors (Lipinski definition) is 8. The third-order valence-corrected chi connectivity index (χ3v) is 7.42. The fourth-order valence-electron chi connectivity index (χ4n) is 4.97. The number of nitrogens with zero attached hydrogens (tertiary/aromatic N) is 1. The molecule has 3 heterocycles. The topological polar surface area (TPSA) is 86.7 Å². The summed E-state index contributed by atoms with van der Waals surface area (Å²) in [5, 5.41) is 10.7.